The standard InChI is InChI=1S/C26H37N3O/c1-25(2,3)17-9-12-28(13-10-17)18-15-19(16-18)29-14-11-20-21(29)7-8-22-23(20)24(27-30-22)26(4,5)6/h7-8,11,14,17-19H,9-10,12-13,15-16H2,1-6H3. The zero-order valence-corrected chi connectivity index (χ0v) is 19.5. The van der Waals surface area contributed by atoms with Crippen LogP contribution in [-0.2, 0) is 5.41 Å². The monoisotopic (exact) mass is 407 g/mol. The van der Waals surface area contributed by atoms with Gasteiger partial charge >= 0.3 is 0 Å². The van der Waals surface area contributed by atoms with E-state index in [0.29, 0.717) is 11.5 Å². The molecule has 2 fully saturated rings. The molecule has 1 saturated heterocycles. The van der Waals surface area contributed by atoms with Crippen molar-refractivity contribution in [2.45, 2.75) is 84.7 Å². The minimum absolute atomic E-state index is 0.0254. The maximum Gasteiger partial charge on any atom is 0.167 e. The summed E-state index contributed by atoms with van der Waals surface area (Å²) in [5.74, 6) is 0.876. The van der Waals surface area contributed by atoms with Gasteiger partial charge in [0.2, 0.25) is 0 Å². The molecule has 4 heteroatoms. The molecule has 4 nitrogen and oxygen atoms in total. The molecular formula is C26H37N3O. The van der Waals surface area contributed by atoms with E-state index in [9.17, 15) is 0 Å². The molecule has 0 amide bonds. The number of likely N-dealkylation sites (tertiary alicyclic amines) is 1. The van der Waals surface area contributed by atoms with Crippen LogP contribution in [0.4, 0.5) is 0 Å². The Kier molecular flexibility index (Phi) is 4.59. The maximum atomic E-state index is 5.66. The second kappa shape index (κ2) is 6.85. The predicted molar refractivity (Wildman–Crippen MR) is 124 cm³/mol. The minimum Gasteiger partial charge on any atom is -0.356 e. The Labute approximate surface area is 180 Å². The van der Waals surface area contributed by atoms with Gasteiger partial charge in [-0.15, -0.1) is 0 Å². The van der Waals surface area contributed by atoms with Crippen LogP contribution in [-0.4, -0.2) is 33.8 Å². The van der Waals surface area contributed by atoms with Crippen molar-refractivity contribution in [2.24, 2.45) is 11.3 Å². The first-order valence-corrected chi connectivity index (χ1v) is 11.8. The normalized spacial score (nSPS) is 24.6. The summed E-state index contributed by atoms with van der Waals surface area (Å²) in [6.07, 6.45) is 7.56. The lowest BCUT2D eigenvalue weighted by Crippen LogP contribution is -2.49. The van der Waals surface area contributed by atoms with Crippen molar-refractivity contribution in [3.8, 4) is 0 Å². The average molecular weight is 408 g/mol. The third kappa shape index (κ3) is 3.28. The van der Waals surface area contributed by atoms with Gasteiger partial charge in [-0.05, 0) is 68.3 Å². The van der Waals surface area contributed by atoms with Crippen molar-refractivity contribution in [2.75, 3.05) is 13.1 Å². The highest BCUT2D eigenvalue weighted by atomic mass is 16.5. The van der Waals surface area contributed by atoms with E-state index in [2.05, 4.69) is 80.6 Å². The number of rotatable bonds is 2. The quantitative estimate of drug-likeness (QED) is 0.483. The Morgan fingerprint density at radius 1 is 0.933 bits per heavy atom. The van der Waals surface area contributed by atoms with Crippen LogP contribution in [0.5, 0.6) is 0 Å². The van der Waals surface area contributed by atoms with Gasteiger partial charge in [-0.1, -0.05) is 46.7 Å². The molecule has 0 spiro atoms. The molecule has 1 aliphatic carbocycles. The molecule has 1 aliphatic heterocycles. The number of aromatic nitrogens is 2. The molecule has 5 rings (SSSR count). The van der Waals surface area contributed by atoms with Crippen LogP contribution in [0.1, 0.15) is 79.0 Å². The predicted octanol–water partition coefficient (Wildman–Crippen LogP) is 6.54. The van der Waals surface area contributed by atoms with Gasteiger partial charge in [-0.3, -0.25) is 0 Å². The molecule has 30 heavy (non-hydrogen) atoms. The van der Waals surface area contributed by atoms with Crippen molar-refractivity contribution in [3.63, 3.8) is 0 Å². The summed E-state index contributed by atoms with van der Waals surface area (Å²) in [7, 11) is 0. The van der Waals surface area contributed by atoms with E-state index in [0.717, 1.165) is 23.2 Å². The topological polar surface area (TPSA) is 34.2 Å². The summed E-state index contributed by atoms with van der Waals surface area (Å²) in [6, 6.07) is 7.97. The van der Waals surface area contributed by atoms with E-state index in [1.165, 1.54) is 55.1 Å². The molecule has 0 bridgehead atoms. The zero-order chi connectivity index (χ0) is 21.3. The number of hydrogen-bond acceptors (Lipinski definition) is 3. The van der Waals surface area contributed by atoms with E-state index in [1.807, 2.05) is 0 Å². The van der Waals surface area contributed by atoms with Gasteiger partial charge in [-0.2, -0.15) is 0 Å². The van der Waals surface area contributed by atoms with Crippen LogP contribution in [0.2, 0.25) is 0 Å². The fraction of sp³-hybridized carbons (Fsp3) is 0.654. The van der Waals surface area contributed by atoms with Crippen LogP contribution in [0.25, 0.3) is 21.9 Å². The third-order valence-electron chi connectivity index (χ3n) is 7.80. The second-order valence-corrected chi connectivity index (χ2v) is 11.8. The SMILES string of the molecule is CC(C)(C)c1noc2ccc3c(ccn3C3CC(N4CCC(C(C)(C)C)CC4)C3)c12. The summed E-state index contributed by atoms with van der Waals surface area (Å²) in [4.78, 5) is 2.76. The van der Waals surface area contributed by atoms with Crippen molar-refractivity contribution in [3.05, 3.63) is 30.1 Å². The molecule has 1 saturated carbocycles. The fourth-order valence-corrected chi connectivity index (χ4v) is 5.72. The third-order valence-corrected chi connectivity index (χ3v) is 7.80. The number of fused-ring (bicyclic) bond motifs is 3. The molecule has 2 aliphatic rings. The van der Waals surface area contributed by atoms with Crippen molar-refractivity contribution in [1.82, 2.24) is 14.6 Å². The van der Waals surface area contributed by atoms with E-state index in [4.69, 9.17) is 4.52 Å². The maximum absolute atomic E-state index is 5.66. The number of hydrogen-bond donors (Lipinski definition) is 0. The Morgan fingerprint density at radius 3 is 2.27 bits per heavy atom. The summed E-state index contributed by atoms with van der Waals surface area (Å²) in [5, 5.41) is 6.89. The van der Waals surface area contributed by atoms with Crippen molar-refractivity contribution < 1.29 is 4.52 Å². The lowest BCUT2D eigenvalue weighted by Gasteiger charge is -2.48. The number of benzene rings is 1. The van der Waals surface area contributed by atoms with E-state index in [-0.39, 0.29) is 5.41 Å². The second-order valence-electron chi connectivity index (χ2n) is 11.8. The highest BCUT2D eigenvalue weighted by molar-refractivity contribution is 6.06. The molecule has 0 atom stereocenters. The Bertz CT molecular complexity index is 1050. The van der Waals surface area contributed by atoms with E-state index < -0.39 is 0 Å². The molecular weight excluding hydrogens is 370 g/mol. The average Bonchev–Trinajstić information content (AvgIpc) is 3.24. The molecule has 0 unspecified atom stereocenters. The van der Waals surface area contributed by atoms with Crippen LogP contribution < -0.4 is 0 Å². The number of nitrogens with zero attached hydrogens (tertiary/aromatic N) is 3. The molecule has 1 aromatic carbocycles. The Morgan fingerprint density at radius 2 is 1.63 bits per heavy atom. The lowest BCUT2D eigenvalue weighted by atomic mass is 9.74. The van der Waals surface area contributed by atoms with Crippen LogP contribution in [0.15, 0.2) is 28.9 Å². The van der Waals surface area contributed by atoms with E-state index >= 15 is 0 Å². The van der Waals surface area contributed by atoms with Gasteiger partial charge in [0.1, 0.15) is 0 Å². The van der Waals surface area contributed by atoms with Gasteiger partial charge in [0.05, 0.1) is 11.1 Å². The first-order valence-electron chi connectivity index (χ1n) is 11.8. The van der Waals surface area contributed by atoms with Gasteiger partial charge < -0.3 is 14.0 Å². The fourth-order valence-electron chi connectivity index (χ4n) is 5.72. The zero-order valence-electron chi connectivity index (χ0n) is 19.5. The molecule has 2 aromatic heterocycles. The molecule has 3 heterocycles. The minimum atomic E-state index is -0.0254. The molecule has 3 aromatic rings. The first-order chi connectivity index (χ1) is 14.1. The Hall–Kier alpha value is -1.81. The highest BCUT2D eigenvalue weighted by Crippen LogP contribution is 2.43. The van der Waals surface area contributed by atoms with Crippen LogP contribution in [0, 0.1) is 11.3 Å². The lowest BCUT2D eigenvalue weighted by molar-refractivity contribution is 0.0318. The smallest absolute Gasteiger partial charge is 0.167 e. The van der Waals surface area contributed by atoms with Gasteiger partial charge in [0.25, 0.3) is 0 Å². The van der Waals surface area contributed by atoms with Gasteiger partial charge in [0.15, 0.2) is 5.58 Å². The molecule has 0 radical (unpaired) electrons. The number of piperidine rings is 1. The summed E-state index contributed by atoms with van der Waals surface area (Å²) >= 11 is 0. The summed E-state index contributed by atoms with van der Waals surface area (Å²) in [6.45, 7) is 16.4. The van der Waals surface area contributed by atoms with Crippen LogP contribution in [0.3, 0.4) is 0 Å². The van der Waals surface area contributed by atoms with Gasteiger partial charge in [-0.25, -0.2) is 0 Å². The molecule has 162 valence electrons. The van der Waals surface area contributed by atoms with Crippen LogP contribution >= 0.6 is 0 Å². The van der Waals surface area contributed by atoms with Gasteiger partial charge in [0, 0.05) is 34.6 Å². The largest absolute Gasteiger partial charge is 0.356 e. The van der Waals surface area contributed by atoms with Crippen molar-refractivity contribution in [1.29, 1.82) is 0 Å². The summed E-state index contributed by atoms with van der Waals surface area (Å²) < 4.78 is 8.16. The highest BCUT2D eigenvalue weighted by Gasteiger charge is 2.38. The van der Waals surface area contributed by atoms with Crippen molar-refractivity contribution >= 4 is 21.9 Å². The molecule has 0 N–H and O–H groups in total. The Balaban J connectivity index is 1.33. The first kappa shape index (κ1) is 20.1. The van der Waals surface area contributed by atoms with E-state index in [1.54, 1.807) is 0 Å². The summed E-state index contributed by atoms with van der Waals surface area (Å²) in [5.41, 5.74) is 3.72.